The third-order valence-electron chi connectivity index (χ3n) is 11.3. The highest BCUT2D eigenvalue weighted by Crippen LogP contribution is 2.41. The first-order valence-electron chi connectivity index (χ1n) is 20.7. The molecule has 0 heterocycles. The van der Waals surface area contributed by atoms with E-state index in [1.165, 1.54) is 43.8 Å². The molecule has 0 N–H and O–H groups in total. The molecule has 0 fully saturated rings. The Morgan fingerprint density at radius 3 is 1.28 bits per heavy atom. The molecule has 0 saturated carbocycles. The fourth-order valence-electron chi connectivity index (χ4n) is 7.99. The minimum absolute atomic E-state index is 1.11. The fraction of sp³-hybridized carbons (Fsp3) is 0.0526. The molecule has 0 aromatic heterocycles. The molecule has 0 unspecified atom stereocenters. The summed E-state index contributed by atoms with van der Waals surface area (Å²) < 4.78 is 0. The second-order valence-electron chi connectivity index (χ2n) is 15.4. The van der Waals surface area contributed by atoms with Crippen molar-refractivity contribution in [3.05, 3.63) is 248 Å². The molecule has 0 bridgehead atoms. The fourth-order valence-corrected chi connectivity index (χ4v) is 10.4. The van der Waals surface area contributed by atoms with Gasteiger partial charge in [0.25, 0.3) is 0 Å². The van der Waals surface area contributed by atoms with E-state index in [0.717, 1.165) is 34.1 Å². The van der Waals surface area contributed by atoms with Crippen molar-refractivity contribution in [3.8, 4) is 33.4 Å². The third kappa shape index (κ3) is 8.49. The molecule has 0 aliphatic heterocycles. The number of benzene rings is 8. The topological polar surface area (TPSA) is 6.48 Å². The first-order chi connectivity index (χ1) is 29.4. The smallest absolute Gasteiger partial charge is 0.112 e. The van der Waals surface area contributed by atoms with Crippen LogP contribution in [0.25, 0.3) is 33.4 Å². The molecule has 0 spiro atoms. The van der Waals surface area contributed by atoms with E-state index in [2.05, 4.69) is 267 Å². The van der Waals surface area contributed by atoms with Gasteiger partial charge in [-0.15, -0.1) is 0 Å². The van der Waals surface area contributed by atoms with Gasteiger partial charge in [-0.05, 0) is 101 Å². The summed E-state index contributed by atoms with van der Waals surface area (Å²) in [5.41, 5.74) is 13.8. The molecule has 0 amide bonds. The van der Waals surface area contributed by atoms with Crippen molar-refractivity contribution in [2.75, 3.05) is 9.80 Å². The Bertz CT molecular complexity index is 2700. The zero-order valence-corrected chi connectivity index (χ0v) is 35.6. The van der Waals surface area contributed by atoms with Crippen LogP contribution in [0.5, 0.6) is 0 Å². The summed E-state index contributed by atoms with van der Waals surface area (Å²) in [7, 11) is -1.90. The second kappa shape index (κ2) is 18.2. The Hall–Kier alpha value is -7.20. The number of hydrogen-bond acceptors (Lipinski definition) is 2. The van der Waals surface area contributed by atoms with E-state index in [1.807, 2.05) is 6.08 Å². The van der Waals surface area contributed by atoms with Crippen LogP contribution in [-0.4, -0.2) is 8.07 Å². The highest BCUT2D eigenvalue weighted by molar-refractivity contribution is 6.96. The molecular formula is C57H50N2Si. The van der Waals surface area contributed by atoms with Crippen molar-refractivity contribution < 1.29 is 0 Å². The average Bonchev–Trinajstić information content (AvgIpc) is 3.31. The molecule has 8 aromatic carbocycles. The van der Waals surface area contributed by atoms with Crippen LogP contribution in [0.3, 0.4) is 0 Å². The maximum Gasteiger partial charge on any atom is 0.112 e. The van der Waals surface area contributed by atoms with Crippen molar-refractivity contribution in [1.29, 1.82) is 0 Å². The molecular weight excluding hydrogens is 741 g/mol. The van der Waals surface area contributed by atoms with Crippen LogP contribution >= 0.6 is 0 Å². The maximum absolute atomic E-state index is 3.97. The highest BCUT2D eigenvalue weighted by Gasteiger charge is 2.27. The zero-order chi connectivity index (χ0) is 41.3. The van der Waals surface area contributed by atoms with Crippen molar-refractivity contribution in [3.63, 3.8) is 0 Å². The van der Waals surface area contributed by atoms with Crippen LogP contribution in [0.4, 0.5) is 34.1 Å². The lowest BCUT2D eigenvalue weighted by Crippen LogP contribution is -2.43. The van der Waals surface area contributed by atoms with Crippen molar-refractivity contribution in [2.45, 2.75) is 20.0 Å². The third-order valence-corrected chi connectivity index (χ3v) is 14.8. The van der Waals surface area contributed by atoms with Crippen molar-refractivity contribution in [2.24, 2.45) is 0 Å². The summed E-state index contributed by atoms with van der Waals surface area (Å²) in [6.07, 6.45) is 8.43. The van der Waals surface area contributed by atoms with Gasteiger partial charge in [0.15, 0.2) is 0 Å². The predicted octanol–water partition coefficient (Wildman–Crippen LogP) is 15.8. The molecule has 8 rings (SSSR count). The number of para-hydroxylation sites is 3. The van der Waals surface area contributed by atoms with Crippen molar-refractivity contribution in [1.82, 2.24) is 0 Å². The van der Waals surface area contributed by atoms with E-state index in [1.54, 1.807) is 0 Å². The Morgan fingerprint density at radius 1 is 0.417 bits per heavy atom. The summed E-state index contributed by atoms with van der Waals surface area (Å²) in [6, 6.07) is 76.4. The molecule has 3 heteroatoms. The van der Waals surface area contributed by atoms with Crippen LogP contribution in [0.1, 0.15) is 6.92 Å². The molecule has 0 aliphatic rings. The lowest BCUT2D eigenvalue weighted by molar-refractivity contribution is 1.28. The lowest BCUT2D eigenvalue weighted by atomic mass is 9.99. The van der Waals surface area contributed by atoms with Crippen LogP contribution < -0.4 is 15.0 Å². The molecule has 0 saturated heterocycles. The first kappa shape index (κ1) is 39.6. The highest BCUT2D eigenvalue weighted by atomic mass is 28.3. The van der Waals surface area contributed by atoms with Gasteiger partial charge < -0.3 is 9.80 Å². The molecule has 292 valence electrons. The van der Waals surface area contributed by atoms with Gasteiger partial charge in [0.05, 0.1) is 5.69 Å². The molecule has 0 radical (unpaired) electrons. The Kier molecular flexibility index (Phi) is 12.0. The van der Waals surface area contributed by atoms with E-state index in [0.29, 0.717) is 0 Å². The van der Waals surface area contributed by atoms with Gasteiger partial charge in [0.1, 0.15) is 8.07 Å². The zero-order valence-electron chi connectivity index (χ0n) is 34.6. The van der Waals surface area contributed by atoms with Gasteiger partial charge >= 0.3 is 0 Å². The Balaban J connectivity index is 1.04. The summed E-state index contributed by atoms with van der Waals surface area (Å²) in [4.78, 5) is 4.68. The molecule has 60 heavy (non-hydrogen) atoms. The minimum atomic E-state index is -1.90. The maximum atomic E-state index is 3.97. The SMILES string of the molecule is C=C/C=C(\C=C/C)[Si](C)(C)c1ccc(N(c2ccccc2)c2ccc(-c3ccc(-c4ccc(N(c5ccccc5)c5ccccc5-c5ccccc5)cc4)cc3)cc2)cc1. The van der Waals surface area contributed by atoms with Gasteiger partial charge in [-0.25, -0.2) is 0 Å². The summed E-state index contributed by atoms with van der Waals surface area (Å²) >= 11 is 0. The van der Waals surface area contributed by atoms with Crippen molar-refractivity contribution >= 4 is 47.4 Å². The second-order valence-corrected chi connectivity index (χ2v) is 19.8. The quantitative estimate of drug-likeness (QED) is 0.0848. The predicted molar refractivity (Wildman–Crippen MR) is 262 cm³/mol. The van der Waals surface area contributed by atoms with Gasteiger partial charge in [-0.3, -0.25) is 0 Å². The largest absolute Gasteiger partial charge is 0.311 e. The molecule has 2 nitrogen and oxygen atoms in total. The monoisotopic (exact) mass is 790 g/mol. The van der Waals surface area contributed by atoms with E-state index >= 15 is 0 Å². The van der Waals surface area contributed by atoms with Gasteiger partial charge in [-0.2, -0.15) is 0 Å². The number of hydrogen-bond donors (Lipinski definition) is 0. The number of anilines is 6. The first-order valence-corrected chi connectivity index (χ1v) is 23.7. The minimum Gasteiger partial charge on any atom is -0.311 e. The van der Waals surface area contributed by atoms with Crippen LogP contribution in [0, 0.1) is 0 Å². The standard InChI is InChI=1S/C57H50N2Si/c1-5-18-54(19-6-2)60(3,4)55-42-40-52(41-43-55)58(49-22-12-8-13-23-49)51-36-32-46(33-37-51)44-28-30-45(31-29-44)47-34-38-53(39-35-47)59(50-24-14-9-15-25-50)57-27-17-16-26-56(57)48-20-10-7-11-21-48/h5-43H,1H2,2-4H3/b19-6-,54-18+. The number of allylic oxidation sites excluding steroid dienone is 5. The molecule has 0 aliphatic carbocycles. The summed E-state index contributed by atoms with van der Waals surface area (Å²) in [5.74, 6) is 0. The average molecular weight is 791 g/mol. The Morgan fingerprint density at radius 2 is 0.800 bits per heavy atom. The van der Waals surface area contributed by atoms with Crippen LogP contribution in [0.15, 0.2) is 248 Å². The van der Waals surface area contributed by atoms with Gasteiger partial charge in [0.2, 0.25) is 0 Å². The lowest BCUT2D eigenvalue weighted by Gasteiger charge is -2.28. The van der Waals surface area contributed by atoms with E-state index in [4.69, 9.17) is 0 Å². The van der Waals surface area contributed by atoms with Gasteiger partial charge in [0, 0.05) is 34.0 Å². The van der Waals surface area contributed by atoms with E-state index in [-0.39, 0.29) is 0 Å². The number of rotatable bonds is 13. The summed E-state index contributed by atoms with van der Waals surface area (Å²) in [6.45, 7) is 10.9. The van der Waals surface area contributed by atoms with Crippen LogP contribution in [0.2, 0.25) is 13.1 Å². The molecule has 8 aromatic rings. The van der Waals surface area contributed by atoms with Crippen LogP contribution in [-0.2, 0) is 0 Å². The van der Waals surface area contributed by atoms with E-state index < -0.39 is 8.07 Å². The van der Waals surface area contributed by atoms with Gasteiger partial charge in [-0.1, -0.05) is 200 Å². The number of nitrogens with zero attached hydrogens (tertiary/aromatic N) is 2. The normalized spacial score (nSPS) is 11.7. The Labute approximate surface area is 357 Å². The molecule has 0 atom stereocenters. The van der Waals surface area contributed by atoms with E-state index in [9.17, 15) is 0 Å². The summed E-state index contributed by atoms with van der Waals surface area (Å²) in [5, 5.41) is 2.75.